The van der Waals surface area contributed by atoms with Crippen LogP contribution in [0.25, 0.3) is 0 Å². The summed E-state index contributed by atoms with van der Waals surface area (Å²) in [4.78, 5) is 23.9. The number of hydrogen-bond donors (Lipinski definition) is 1. The van der Waals surface area contributed by atoms with Crippen LogP contribution in [0.3, 0.4) is 0 Å². The van der Waals surface area contributed by atoms with E-state index in [1.165, 1.54) is 0 Å². The van der Waals surface area contributed by atoms with Crippen LogP contribution in [0.5, 0.6) is 5.75 Å². The van der Waals surface area contributed by atoms with E-state index in [4.69, 9.17) is 21.1 Å². The molecular weight excluding hydrogens is 354 g/mol. The Kier molecular flexibility index (Phi) is 7.04. The summed E-state index contributed by atoms with van der Waals surface area (Å²) in [5.41, 5.74) is 1.28. The van der Waals surface area contributed by atoms with Crippen molar-refractivity contribution in [1.82, 2.24) is 5.32 Å². The van der Waals surface area contributed by atoms with E-state index in [9.17, 15) is 9.59 Å². The van der Waals surface area contributed by atoms with Gasteiger partial charge in [0.05, 0.1) is 5.56 Å². The second-order valence-electron chi connectivity index (χ2n) is 6.15. The molecule has 1 atom stereocenters. The third-order valence-corrected chi connectivity index (χ3v) is 3.74. The van der Waals surface area contributed by atoms with Crippen molar-refractivity contribution in [3.05, 3.63) is 64.7 Å². The minimum atomic E-state index is -0.849. The first kappa shape index (κ1) is 19.8. The number of benzene rings is 2. The van der Waals surface area contributed by atoms with E-state index < -0.39 is 12.1 Å². The lowest BCUT2D eigenvalue weighted by atomic mass is 10.1. The van der Waals surface area contributed by atoms with E-state index in [2.05, 4.69) is 5.32 Å². The van der Waals surface area contributed by atoms with Gasteiger partial charge in [-0.05, 0) is 62.7 Å². The number of hydrogen-bond acceptors (Lipinski definition) is 4. The van der Waals surface area contributed by atoms with Gasteiger partial charge in [0.15, 0.2) is 6.10 Å². The molecule has 138 valence electrons. The summed E-state index contributed by atoms with van der Waals surface area (Å²) >= 11 is 5.83. The molecule has 2 rings (SSSR count). The highest BCUT2D eigenvalue weighted by molar-refractivity contribution is 6.30. The van der Waals surface area contributed by atoms with Crippen molar-refractivity contribution in [2.24, 2.45) is 0 Å². The fourth-order valence-corrected chi connectivity index (χ4v) is 2.24. The van der Waals surface area contributed by atoms with Crippen molar-refractivity contribution < 1.29 is 19.1 Å². The SMILES string of the molecule is CC(C)NC(=O)[C@H](C)OC(=O)c1ccc(COc2ccc(Cl)cc2)cc1. The van der Waals surface area contributed by atoms with E-state index in [1.807, 2.05) is 13.8 Å². The lowest BCUT2D eigenvalue weighted by Gasteiger charge is -2.15. The van der Waals surface area contributed by atoms with E-state index in [1.54, 1.807) is 55.5 Å². The van der Waals surface area contributed by atoms with Crippen LogP contribution in [0, 0.1) is 0 Å². The van der Waals surface area contributed by atoms with Crippen molar-refractivity contribution in [1.29, 1.82) is 0 Å². The van der Waals surface area contributed by atoms with Crippen LogP contribution < -0.4 is 10.1 Å². The van der Waals surface area contributed by atoms with Crippen molar-refractivity contribution in [2.45, 2.75) is 39.5 Å². The molecule has 0 saturated carbocycles. The Labute approximate surface area is 158 Å². The fraction of sp³-hybridized carbons (Fsp3) is 0.300. The Morgan fingerprint density at radius 2 is 1.62 bits per heavy atom. The number of esters is 1. The molecule has 26 heavy (non-hydrogen) atoms. The molecule has 0 aliphatic heterocycles. The molecule has 0 aliphatic rings. The van der Waals surface area contributed by atoms with Gasteiger partial charge in [0.1, 0.15) is 12.4 Å². The molecule has 2 aromatic carbocycles. The second-order valence-corrected chi connectivity index (χ2v) is 6.59. The van der Waals surface area contributed by atoms with Crippen LogP contribution in [0.2, 0.25) is 5.02 Å². The predicted molar refractivity (Wildman–Crippen MR) is 100 cm³/mol. The summed E-state index contributed by atoms with van der Waals surface area (Å²) in [6.07, 6.45) is -0.849. The number of amides is 1. The van der Waals surface area contributed by atoms with Crippen LogP contribution in [0.4, 0.5) is 0 Å². The van der Waals surface area contributed by atoms with Gasteiger partial charge in [0.2, 0.25) is 0 Å². The molecule has 2 aromatic rings. The molecule has 1 amide bonds. The number of nitrogens with one attached hydrogen (secondary N) is 1. The number of ether oxygens (including phenoxy) is 2. The number of rotatable bonds is 7. The zero-order chi connectivity index (χ0) is 19.1. The normalized spacial score (nSPS) is 11.7. The summed E-state index contributed by atoms with van der Waals surface area (Å²) in [5, 5.41) is 3.35. The highest BCUT2D eigenvalue weighted by Crippen LogP contribution is 2.17. The van der Waals surface area contributed by atoms with Gasteiger partial charge in [-0.2, -0.15) is 0 Å². The van der Waals surface area contributed by atoms with Gasteiger partial charge in [0, 0.05) is 11.1 Å². The third-order valence-electron chi connectivity index (χ3n) is 3.49. The average molecular weight is 376 g/mol. The van der Waals surface area contributed by atoms with Gasteiger partial charge in [-0.1, -0.05) is 23.7 Å². The summed E-state index contributed by atoms with van der Waals surface area (Å²) in [5.74, 6) is -0.147. The van der Waals surface area contributed by atoms with Crippen LogP contribution in [-0.2, 0) is 16.1 Å². The van der Waals surface area contributed by atoms with Gasteiger partial charge in [0.25, 0.3) is 5.91 Å². The van der Waals surface area contributed by atoms with Crippen LogP contribution in [-0.4, -0.2) is 24.0 Å². The highest BCUT2D eigenvalue weighted by Gasteiger charge is 2.19. The van der Waals surface area contributed by atoms with Crippen molar-refractivity contribution in [2.75, 3.05) is 0 Å². The van der Waals surface area contributed by atoms with Gasteiger partial charge >= 0.3 is 5.97 Å². The van der Waals surface area contributed by atoms with E-state index in [0.717, 1.165) is 5.56 Å². The average Bonchev–Trinajstić information content (AvgIpc) is 2.61. The Hall–Kier alpha value is -2.53. The van der Waals surface area contributed by atoms with Crippen molar-refractivity contribution >= 4 is 23.5 Å². The zero-order valence-electron chi connectivity index (χ0n) is 15.0. The van der Waals surface area contributed by atoms with Crippen molar-refractivity contribution in [3.63, 3.8) is 0 Å². The molecule has 0 bridgehead atoms. The Bertz CT molecular complexity index is 741. The fourth-order valence-electron chi connectivity index (χ4n) is 2.12. The number of halogens is 1. The topological polar surface area (TPSA) is 64.6 Å². The predicted octanol–water partition coefficient (Wildman–Crippen LogP) is 3.99. The highest BCUT2D eigenvalue weighted by atomic mass is 35.5. The quantitative estimate of drug-likeness (QED) is 0.743. The number of carbonyl (C=O) groups excluding carboxylic acids is 2. The van der Waals surface area contributed by atoms with Gasteiger partial charge in [-0.3, -0.25) is 4.79 Å². The van der Waals surface area contributed by atoms with Gasteiger partial charge < -0.3 is 14.8 Å². The first-order valence-corrected chi connectivity index (χ1v) is 8.71. The molecule has 0 heterocycles. The molecule has 0 aromatic heterocycles. The molecule has 0 unspecified atom stereocenters. The first-order chi connectivity index (χ1) is 12.3. The maximum absolute atomic E-state index is 12.1. The minimum absolute atomic E-state index is 0.0106. The molecule has 0 radical (unpaired) electrons. The van der Waals surface area contributed by atoms with Gasteiger partial charge in [-0.25, -0.2) is 4.79 Å². The third kappa shape index (κ3) is 6.08. The largest absolute Gasteiger partial charge is 0.489 e. The molecule has 0 saturated heterocycles. The molecule has 1 N–H and O–H groups in total. The Morgan fingerprint density at radius 3 is 2.19 bits per heavy atom. The maximum Gasteiger partial charge on any atom is 0.338 e. The molecular formula is C20H22ClNO4. The molecule has 6 heteroatoms. The summed E-state index contributed by atoms with van der Waals surface area (Å²) in [6.45, 7) is 5.60. The van der Waals surface area contributed by atoms with Gasteiger partial charge in [-0.15, -0.1) is 0 Å². The lowest BCUT2D eigenvalue weighted by molar-refractivity contribution is -0.129. The van der Waals surface area contributed by atoms with Crippen molar-refractivity contribution in [3.8, 4) is 5.75 Å². The molecule has 5 nitrogen and oxygen atoms in total. The first-order valence-electron chi connectivity index (χ1n) is 8.34. The summed E-state index contributed by atoms with van der Waals surface area (Å²) < 4.78 is 10.8. The smallest absolute Gasteiger partial charge is 0.338 e. The maximum atomic E-state index is 12.1. The second kappa shape index (κ2) is 9.25. The van der Waals surface area contributed by atoms with Crippen LogP contribution in [0.15, 0.2) is 48.5 Å². The lowest BCUT2D eigenvalue weighted by Crippen LogP contribution is -2.39. The summed E-state index contributed by atoms with van der Waals surface area (Å²) in [6, 6.07) is 13.9. The monoisotopic (exact) mass is 375 g/mol. The number of carbonyl (C=O) groups is 2. The zero-order valence-corrected chi connectivity index (χ0v) is 15.7. The summed E-state index contributed by atoms with van der Waals surface area (Å²) in [7, 11) is 0. The van der Waals surface area contributed by atoms with E-state index >= 15 is 0 Å². The van der Waals surface area contributed by atoms with Crippen LogP contribution in [0.1, 0.15) is 36.7 Å². The minimum Gasteiger partial charge on any atom is -0.489 e. The van der Waals surface area contributed by atoms with E-state index in [0.29, 0.717) is 22.9 Å². The molecule has 0 spiro atoms. The van der Waals surface area contributed by atoms with E-state index in [-0.39, 0.29) is 11.9 Å². The standard InChI is InChI=1S/C20H22ClNO4/c1-13(2)22-19(23)14(3)26-20(24)16-6-4-15(5-7-16)12-25-18-10-8-17(21)9-11-18/h4-11,13-14H,12H2,1-3H3,(H,22,23)/t14-/m0/s1. The molecule has 0 aliphatic carbocycles. The van der Waals surface area contributed by atoms with Crippen LogP contribution >= 0.6 is 11.6 Å². The Morgan fingerprint density at radius 1 is 1.00 bits per heavy atom. The molecule has 0 fully saturated rings. The Balaban J connectivity index is 1.88.